The second-order valence-corrected chi connectivity index (χ2v) is 24.2. The molecule has 2 aliphatic heterocycles. The van der Waals surface area contributed by atoms with Crippen LogP contribution in [-0.2, 0) is 10.8 Å². The standard InChI is InChI=1S/C74H56BN3OS/c1-73(2,3)47-32-38-63-57(40-47)58-41-48(74(4,5)6)33-39-64(58)77(63)50-43-66-69-67(44-50)79-71-60(37-35-56-55-26-15-18-31-68(55)80-72(56)71)75(69)59-36-34-49(76-61-29-16-13-24-53(61)54-25-14-17-30-62(54)76)42-65(59)78(66)70-51(45-20-9-7-10-21-45)27-19-28-52(70)46-22-11-8-12-23-46/h7-44H,1-6H3/i13D,14D,15D,16D,17D,18D,24D,25D,26D,29D,30D,31D. The Hall–Kier alpha value is -9.10. The highest BCUT2D eigenvalue weighted by Crippen LogP contribution is 2.52. The first-order valence-electron chi connectivity index (χ1n) is 33.0. The van der Waals surface area contributed by atoms with Crippen molar-refractivity contribution in [3.05, 3.63) is 241 Å². The van der Waals surface area contributed by atoms with E-state index < -0.39 is 55.1 Å². The fourth-order valence-electron chi connectivity index (χ4n) is 12.6. The van der Waals surface area contributed by atoms with Crippen LogP contribution >= 0.6 is 11.3 Å². The number of hydrogen-bond donors (Lipinski definition) is 0. The zero-order valence-electron chi connectivity index (χ0n) is 56.7. The van der Waals surface area contributed by atoms with Crippen molar-refractivity contribution in [1.29, 1.82) is 0 Å². The molecule has 3 aromatic heterocycles. The van der Waals surface area contributed by atoms with E-state index in [0.717, 1.165) is 77.5 Å². The Morgan fingerprint density at radius 1 is 0.450 bits per heavy atom. The van der Waals surface area contributed by atoms with Crippen LogP contribution in [0, 0.1) is 0 Å². The minimum absolute atomic E-state index is 0.00620. The Bertz CT molecular complexity index is 5430. The fourth-order valence-corrected chi connectivity index (χ4v) is 13.7. The van der Waals surface area contributed by atoms with Crippen molar-refractivity contribution in [2.45, 2.75) is 52.4 Å². The van der Waals surface area contributed by atoms with E-state index in [4.69, 9.17) is 13.0 Å². The third-order valence-corrected chi connectivity index (χ3v) is 17.6. The predicted molar refractivity (Wildman–Crippen MR) is 342 cm³/mol. The number of thiophene rings is 1. The number of anilines is 3. The zero-order valence-corrected chi connectivity index (χ0v) is 45.6. The minimum atomic E-state index is -0.601. The van der Waals surface area contributed by atoms with Gasteiger partial charge in [-0.2, -0.15) is 0 Å². The Labute approximate surface area is 487 Å². The maximum absolute atomic E-state index is 9.63. The molecule has 382 valence electrons. The molecule has 6 heteroatoms. The van der Waals surface area contributed by atoms with Crippen LogP contribution in [0.4, 0.5) is 17.1 Å². The second-order valence-electron chi connectivity index (χ2n) is 23.2. The molecule has 0 N–H and O–H groups in total. The molecule has 0 unspecified atom stereocenters. The topological polar surface area (TPSA) is 22.3 Å². The van der Waals surface area contributed by atoms with Crippen LogP contribution in [0.15, 0.2) is 230 Å². The maximum atomic E-state index is 9.63. The first-order chi connectivity index (χ1) is 43.9. The Morgan fingerprint density at radius 3 is 1.61 bits per heavy atom. The van der Waals surface area contributed by atoms with Gasteiger partial charge in [-0.1, -0.05) is 205 Å². The lowest BCUT2D eigenvalue weighted by Crippen LogP contribution is -2.59. The van der Waals surface area contributed by atoms with Gasteiger partial charge in [-0.05, 0) is 110 Å². The van der Waals surface area contributed by atoms with Crippen molar-refractivity contribution in [2.24, 2.45) is 0 Å². The summed E-state index contributed by atoms with van der Waals surface area (Å²) in [5.74, 6) is 1.04. The molecule has 0 saturated carbocycles. The molecule has 0 saturated heterocycles. The normalized spacial score (nSPS) is 15.3. The number of nitrogens with zero attached hydrogens (tertiary/aromatic N) is 3. The second kappa shape index (κ2) is 17.2. The monoisotopic (exact) mass is 1060 g/mol. The SMILES string of the molecule is [2H]c1c([2H])c([2H])c2c(sc3c4c(ccc32)B2c3ccc(-n5c6c([2H])c([2H])c([2H])c([2H])c6c6c([2H])c([2H])c([2H])c([2H])c65)cc3N(c3c(-c5ccccc5)cccc3-c3ccccc3)c3cc(-n5c6ccc(C(C)(C)C)cc6c6cc(C(C)(C)C)ccc65)cc(c32)O4)c1[2H]. The van der Waals surface area contributed by atoms with Crippen LogP contribution in [0.3, 0.4) is 0 Å². The molecule has 11 aromatic carbocycles. The van der Waals surface area contributed by atoms with Gasteiger partial charge in [-0.15, -0.1) is 11.3 Å². The molecule has 0 atom stereocenters. The number of ether oxygens (including phenoxy) is 1. The molecule has 0 spiro atoms. The van der Waals surface area contributed by atoms with Gasteiger partial charge < -0.3 is 18.8 Å². The van der Waals surface area contributed by atoms with E-state index in [2.05, 4.69) is 142 Å². The van der Waals surface area contributed by atoms with Crippen LogP contribution in [-0.4, -0.2) is 15.8 Å². The molecule has 16 rings (SSSR count). The number of rotatable bonds is 5. The number of benzene rings is 11. The van der Waals surface area contributed by atoms with Crippen molar-refractivity contribution >= 4 is 115 Å². The van der Waals surface area contributed by atoms with Gasteiger partial charge in [-0.3, -0.25) is 0 Å². The van der Waals surface area contributed by atoms with Crippen molar-refractivity contribution in [3.8, 4) is 45.1 Å². The highest BCUT2D eigenvalue weighted by Gasteiger charge is 2.44. The third-order valence-electron chi connectivity index (χ3n) is 16.5. The summed E-state index contributed by atoms with van der Waals surface area (Å²) in [5.41, 5.74) is 13.3. The summed E-state index contributed by atoms with van der Waals surface area (Å²) in [6, 6.07) is 49.6. The van der Waals surface area contributed by atoms with Crippen molar-refractivity contribution < 1.29 is 21.2 Å². The Morgan fingerprint density at radius 2 is 1.00 bits per heavy atom. The van der Waals surface area contributed by atoms with E-state index in [0.29, 0.717) is 43.0 Å². The molecule has 0 aliphatic carbocycles. The number of para-hydroxylation sites is 3. The first-order valence-corrected chi connectivity index (χ1v) is 27.9. The van der Waals surface area contributed by atoms with Crippen LogP contribution < -0.4 is 26.0 Å². The molecule has 14 aromatic rings. The first kappa shape index (κ1) is 36.1. The highest BCUT2D eigenvalue weighted by molar-refractivity contribution is 7.26. The van der Waals surface area contributed by atoms with E-state index in [-0.39, 0.29) is 56.8 Å². The lowest BCUT2D eigenvalue weighted by atomic mass is 9.34. The molecular weight excluding hydrogens is 990 g/mol. The third kappa shape index (κ3) is 6.94. The average Bonchev–Trinajstić information content (AvgIpc) is 1.23. The van der Waals surface area contributed by atoms with Crippen LogP contribution in [0.25, 0.3) is 97.4 Å². The van der Waals surface area contributed by atoms with Crippen LogP contribution in [0.5, 0.6) is 11.5 Å². The van der Waals surface area contributed by atoms with Gasteiger partial charge in [-0.25, -0.2) is 0 Å². The van der Waals surface area contributed by atoms with E-state index in [1.165, 1.54) is 22.5 Å². The molecule has 0 fully saturated rings. The molecule has 4 nitrogen and oxygen atoms in total. The lowest BCUT2D eigenvalue weighted by molar-refractivity contribution is 0.493. The molecule has 0 amide bonds. The van der Waals surface area contributed by atoms with Crippen molar-refractivity contribution in [1.82, 2.24) is 9.13 Å². The largest absolute Gasteiger partial charge is 0.457 e. The lowest BCUT2D eigenvalue weighted by Gasteiger charge is -2.42. The van der Waals surface area contributed by atoms with Crippen LogP contribution in [0.2, 0.25) is 0 Å². The molecule has 0 bridgehead atoms. The number of fused-ring (bicyclic) bond motifs is 14. The van der Waals surface area contributed by atoms with E-state index in [1.54, 1.807) is 4.57 Å². The van der Waals surface area contributed by atoms with Crippen LogP contribution in [0.1, 0.15) is 69.1 Å². The summed E-state index contributed by atoms with van der Waals surface area (Å²) in [6.07, 6.45) is 0. The molecular formula is C74H56BN3OS. The smallest absolute Gasteiger partial charge is 0.256 e. The highest BCUT2D eigenvalue weighted by atomic mass is 32.1. The summed E-state index contributed by atoms with van der Waals surface area (Å²) < 4.78 is 123. The quantitative estimate of drug-likeness (QED) is 0.160. The van der Waals surface area contributed by atoms with Crippen molar-refractivity contribution in [2.75, 3.05) is 4.90 Å². The van der Waals surface area contributed by atoms with Gasteiger partial charge in [0.15, 0.2) is 0 Å². The van der Waals surface area contributed by atoms with Gasteiger partial charge in [0, 0.05) is 71.3 Å². The zero-order chi connectivity index (χ0) is 64.2. The molecule has 0 radical (unpaired) electrons. The summed E-state index contributed by atoms with van der Waals surface area (Å²) >= 11 is 1.27. The molecule has 5 heterocycles. The number of aromatic nitrogens is 2. The summed E-state index contributed by atoms with van der Waals surface area (Å²) in [5, 5.41) is 3.13. The number of hydrogen-bond acceptors (Lipinski definition) is 3. The Balaban J connectivity index is 1.10. The molecule has 2 aliphatic rings. The average molecular weight is 1060 g/mol. The van der Waals surface area contributed by atoms with Gasteiger partial charge in [0.25, 0.3) is 6.71 Å². The minimum Gasteiger partial charge on any atom is -0.457 e. The van der Waals surface area contributed by atoms with E-state index in [9.17, 15) is 8.22 Å². The van der Waals surface area contributed by atoms with E-state index in [1.807, 2.05) is 66.7 Å². The van der Waals surface area contributed by atoms with Gasteiger partial charge >= 0.3 is 0 Å². The predicted octanol–water partition coefficient (Wildman–Crippen LogP) is 18.6. The fraction of sp³-hybridized carbons (Fsp3) is 0.108. The Kier molecular flexibility index (Phi) is 7.77. The summed E-state index contributed by atoms with van der Waals surface area (Å²) in [4.78, 5) is 2.28. The summed E-state index contributed by atoms with van der Waals surface area (Å²) in [6.45, 7) is 12.7. The van der Waals surface area contributed by atoms with Gasteiger partial charge in [0.2, 0.25) is 0 Å². The van der Waals surface area contributed by atoms with Crippen molar-refractivity contribution in [3.63, 3.8) is 0 Å². The summed E-state index contributed by atoms with van der Waals surface area (Å²) in [7, 11) is 0. The van der Waals surface area contributed by atoms with E-state index >= 15 is 0 Å². The van der Waals surface area contributed by atoms with Gasteiger partial charge in [0.1, 0.15) is 11.5 Å². The van der Waals surface area contributed by atoms with Gasteiger partial charge in [0.05, 0.1) is 54.6 Å². The maximum Gasteiger partial charge on any atom is 0.256 e. The molecule has 80 heavy (non-hydrogen) atoms.